The topological polar surface area (TPSA) is 55.1 Å². The molecule has 5 heteroatoms. The first-order chi connectivity index (χ1) is 9.92. The molecule has 1 aliphatic carbocycles. The maximum Gasteiger partial charge on any atom is 0.203 e. The van der Waals surface area contributed by atoms with Gasteiger partial charge in [0.15, 0.2) is 5.82 Å². The van der Waals surface area contributed by atoms with Crippen LogP contribution < -0.4 is 5.32 Å². The van der Waals surface area contributed by atoms with Crippen molar-refractivity contribution in [1.29, 1.82) is 0 Å². The molecular weight excluding hydrogens is 250 g/mol. The van der Waals surface area contributed by atoms with Gasteiger partial charge in [-0.05, 0) is 30.4 Å². The van der Waals surface area contributed by atoms with Crippen molar-refractivity contribution in [3.05, 3.63) is 54.1 Å². The van der Waals surface area contributed by atoms with Crippen molar-refractivity contribution in [2.45, 2.75) is 25.3 Å². The van der Waals surface area contributed by atoms with Crippen LogP contribution >= 0.6 is 0 Å². The molecule has 2 aromatic heterocycles. The Labute approximate surface area is 116 Å². The summed E-state index contributed by atoms with van der Waals surface area (Å²) in [6, 6.07) is 8.93. The Morgan fingerprint density at radius 3 is 3.20 bits per heavy atom. The Balaban J connectivity index is 1.72. The van der Waals surface area contributed by atoms with Crippen LogP contribution in [0.3, 0.4) is 0 Å². The SMILES string of the molecule is c1ccc2c(c1)CCC[C@@H]2Nc1nccn2cnnc12. The van der Waals surface area contributed by atoms with Gasteiger partial charge in [0.2, 0.25) is 5.65 Å². The number of aromatic nitrogens is 4. The second kappa shape index (κ2) is 4.59. The zero-order valence-corrected chi connectivity index (χ0v) is 11.0. The van der Waals surface area contributed by atoms with E-state index >= 15 is 0 Å². The van der Waals surface area contributed by atoms with Crippen molar-refractivity contribution < 1.29 is 0 Å². The number of aryl methyl sites for hydroxylation is 1. The van der Waals surface area contributed by atoms with Crippen LogP contribution in [-0.4, -0.2) is 19.6 Å². The summed E-state index contributed by atoms with van der Waals surface area (Å²) in [5.74, 6) is 0.798. The molecular formula is C15H15N5. The Hall–Kier alpha value is -2.43. The monoisotopic (exact) mass is 265 g/mol. The van der Waals surface area contributed by atoms with Gasteiger partial charge in [-0.1, -0.05) is 24.3 Å². The number of hydrogen-bond acceptors (Lipinski definition) is 4. The van der Waals surface area contributed by atoms with E-state index in [1.54, 1.807) is 12.5 Å². The number of nitrogens with zero attached hydrogens (tertiary/aromatic N) is 4. The van der Waals surface area contributed by atoms with Crippen LogP contribution in [0.2, 0.25) is 0 Å². The van der Waals surface area contributed by atoms with Gasteiger partial charge in [0.1, 0.15) is 6.33 Å². The second-order valence-electron chi connectivity index (χ2n) is 5.13. The zero-order chi connectivity index (χ0) is 13.4. The lowest BCUT2D eigenvalue weighted by molar-refractivity contribution is 0.599. The minimum absolute atomic E-state index is 0.301. The van der Waals surface area contributed by atoms with Gasteiger partial charge in [-0.15, -0.1) is 10.2 Å². The molecule has 1 aliphatic rings. The first-order valence-electron chi connectivity index (χ1n) is 6.90. The van der Waals surface area contributed by atoms with Crippen LogP contribution in [-0.2, 0) is 6.42 Å². The molecule has 0 bridgehead atoms. The van der Waals surface area contributed by atoms with Crippen LogP contribution in [0.25, 0.3) is 5.65 Å². The summed E-state index contributed by atoms with van der Waals surface area (Å²) in [6.07, 6.45) is 8.80. The van der Waals surface area contributed by atoms with E-state index in [0.717, 1.165) is 24.3 Å². The van der Waals surface area contributed by atoms with Crippen molar-refractivity contribution in [3.63, 3.8) is 0 Å². The van der Waals surface area contributed by atoms with Crippen LogP contribution in [0.1, 0.15) is 30.0 Å². The molecule has 0 aliphatic heterocycles. The van der Waals surface area contributed by atoms with Crippen molar-refractivity contribution in [2.75, 3.05) is 5.32 Å². The Kier molecular flexibility index (Phi) is 2.62. The van der Waals surface area contributed by atoms with Gasteiger partial charge < -0.3 is 5.32 Å². The van der Waals surface area contributed by atoms with E-state index in [9.17, 15) is 0 Å². The highest BCUT2D eigenvalue weighted by Crippen LogP contribution is 2.32. The van der Waals surface area contributed by atoms with Crippen molar-refractivity contribution in [3.8, 4) is 0 Å². The maximum absolute atomic E-state index is 4.41. The molecule has 0 saturated heterocycles. The fourth-order valence-electron chi connectivity index (χ4n) is 2.93. The van der Waals surface area contributed by atoms with Crippen molar-refractivity contribution in [2.24, 2.45) is 0 Å². The summed E-state index contributed by atoms with van der Waals surface area (Å²) in [7, 11) is 0. The number of hydrogen-bond donors (Lipinski definition) is 1. The number of anilines is 1. The van der Waals surface area contributed by atoms with E-state index in [2.05, 4.69) is 44.8 Å². The smallest absolute Gasteiger partial charge is 0.203 e. The minimum atomic E-state index is 0.301. The molecule has 0 saturated carbocycles. The molecule has 3 aromatic rings. The first-order valence-corrected chi connectivity index (χ1v) is 6.90. The van der Waals surface area contributed by atoms with E-state index in [-0.39, 0.29) is 0 Å². The molecule has 4 rings (SSSR count). The number of benzene rings is 1. The highest BCUT2D eigenvalue weighted by molar-refractivity contribution is 5.62. The maximum atomic E-state index is 4.41. The lowest BCUT2D eigenvalue weighted by Gasteiger charge is -2.26. The lowest BCUT2D eigenvalue weighted by atomic mass is 9.88. The highest BCUT2D eigenvalue weighted by atomic mass is 15.2. The first kappa shape index (κ1) is 11.4. The third-order valence-electron chi connectivity index (χ3n) is 3.90. The van der Waals surface area contributed by atoms with E-state index in [1.807, 2.05) is 10.6 Å². The average Bonchev–Trinajstić information content (AvgIpc) is 2.97. The lowest BCUT2D eigenvalue weighted by Crippen LogP contribution is -2.18. The fraction of sp³-hybridized carbons (Fsp3) is 0.267. The molecule has 0 spiro atoms. The van der Waals surface area contributed by atoms with E-state index in [0.29, 0.717) is 6.04 Å². The summed E-state index contributed by atoms with van der Waals surface area (Å²) in [6.45, 7) is 0. The summed E-state index contributed by atoms with van der Waals surface area (Å²) >= 11 is 0. The van der Waals surface area contributed by atoms with Crippen LogP contribution in [0.15, 0.2) is 43.0 Å². The fourth-order valence-corrected chi connectivity index (χ4v) is 2.93. The van der Waals surface area contributed by atoms with Gasteiger partial charge in [0.05, 0.1) is 6.04 Å². The quantitative estimate of drug-likeness (QED) is 0.774. The number of rotatable bonds is 2. The van der Waals surface area contributed by atoms with Crippen molar-refractivity contribution in [1.82, 2.24) is 19.6 Å². The molecule has 20 heavy (non-hydrogen) atoms. The van der Waals surface area contributed by atoms with E-state index < -0.39 is 0 Å². The summed E-state index contributed by atoms with van der Waals surface area (Å²) in [5.41, 5.74) is 3.59. The molecule has 1 aromatic carbocycles. The Morgan fingerprint density at radius 2 is 2.20 bits per heavy atom. The van der Waals surface area contributed by atoms with Gasteiger partial charge in [-0.3, -0.25) is 4.40 Å². The summed E-state index contributed by atoms with van der Waals surface area (Å²) in [4.78, 5) is 4.41. The van der Waals surface area contributed by atoms with Crippen LogP contribution in [0.5, 0.6) is 0 Å². The average molecular weight is 265 g/mol. The minimum Gasteiger partial charge on any atom is -0.360 e. The number of fused-ring (bicyclic) bond motifs is 2. The largest absolute Gasteiger partial charge is 0.360 e. The molecule has 1 N–H and O–H groups in total. The molecule has 2 heterocycles. The zero-order valence-electron chi connectivity index (χ0n) is 11.0. The van der Waals surface area contributed by atoms with Gasteiger partial charge in [0, 0.05) is 12.4 Å². The van der Waals surface area contributed by atoms with Gasteiger partial charge in [0.25, 0.3) is 0 Å². The van der Waals surface area contributed by atoms with Crippen LogP contribution in [0.4, 0.5) is 5.82 Å². The molecule has 0 amide bonds. The summed E-state index contributed by atoms with van der Waals surface area (Å²) in [5, 5.41) is 11.6. The Bertz CT molecular complexity index is 749. The highest BCUT2D eigenvalue weighted by Gasteiger charge is 2.20. The molecule has 0 radical (unpaired) electrons. The third kappa shape index (κ3) is 1.82. The molecule has 1 atom stereocenters. The normalized spacial score (nSPS) is 17.9. The predicted molar refractivity (Wildman–Crippen MR) is 76.5 cm³/mol. The predicted octanol–water partition coefficient (Wildman–Crippen LogP) is 2.61. The van der Waals surface area contributed by atoms with Gasteiger partial charge >= 0.3 is 0 Å². The third-order valence-corrected chi connectivity index (χ3v) is 3.90. The standard InChI is InChI=1S/C15H15N5/c1-2-6-12-11(4-1)5-3-7-13(12)18-14-15-19-17-10-20(15)9-8-16-14/h1-2,4,6,8-10,13H,3,5,7H2,(H,16,18)/t13-/m0/s1. The molecule has 5 nitrogen and oxygen atoms in total. The van der Waals surface area contributed by atoms with Gasteiger partial charge in [-0.25, -0.2) is 4.98 Å². The Morgan fingerprint density at radius 1 is 1.25 bits per heavy atom. The van der Waals surface area contributed by atoms with E-state index in [4.69, 9.17) is 0 Å². The molecule has 0 unspecified atom stereocenters. The summed E-state index contributed by atoms with van der Waals surface area (Å²) < 4.78 is 1.88. The number of nitrogens with one attached hydrogen (secondary N) is 1. The molecule has 100 valence electrons. The van der Waals surface area contributed by atoms with Crippen LogP contribution in [0, 0.1) is 0 Å². The molecule has 0 fully saturated rings. The van der Waals surface area contributed by atoms with E-state index in [1.165, 1.54) is 17.5 Å². The second-order valence-corrected chi connectivity index (χ2v) is 5.13. The van der Waals surface area contributed by atoms with Crippen molar-refractivity contribution >= 4 is 11.5 Å². The van der Waals surface area contributed by atoms with Gasteiger partial charge in [-0.2, -0.15) is 0 Å².